The monoisotopic (exact) mass is 824 g/mol. The number of aryl methyl sites for hydroxylation is 6. The number of fused-ring (bicyclic) bond motifs is 2. The molecule has 3 aromatic carbocycles. The number of likely N-dealkylation sites (tertiary alicyclic amines) is 1. The first-order chi connectivity index (χ1) is 27.3. The highest BCUT2D eigenvalue weighted by Gasteiger charge is 2.43. The van der Waals surface area contributed by atoms with Crippen molar-refractivity contribution >= 4 is 58.1 Å². The number of unbranched alkanes of at least 4 members (excludes halogenated alkanes) is 1. The van der Waals surface area contributed by atoms with Gasteiger partial charge in [0.1, 0.15) is 6.29 Å². The number of rotatable bonds is 15. The second-order valence-electron chi connectivity index (χ2n) is 16.8. The van der Waals surface area contributed by atoms with Crippen LogP contribution >= 0.6 is 23.2 Å². The van der Waals surface area contributed by atoms with E-state index < -0.39 is 0 Å². The Hall–Kier alpha value is -4.11. The van der Waals surface area contributed by atoms with Crippen LogP contribution in [0.2, 0.25) is 10.0 Å². The molecule has 4 heterocycles. The first-order valence-corrected chi connectivity index (χ1v) is 21.4. The van der Waals surface area contributed by atoms with Gasteiger partial charge in [-0.1, -0.05) is 55.2 Å². The van der Waals surface area contributed by atoms with Crippen LogP contribution < -0.4 is 9.80 Å². The van der Waals surface area contributed by atoms with Gasteiger partial charge in [0.15, 0.2) is 6.29 Å². The summed E-state index contributed by atoms with van der Waals surface area (Å²) in [5, 5.41) is 7.65. The molecule has 0 amide bonds. The summed E-state index contributed by atoms with van der Waals surface area (Å²) >= 11 is 13.8. The lowest BCUT2D eigenvalue weighted by Crippen LogP contribution is -2.47. The van der Waals surface area contributed by atoms with E-state index in [1.54, 1.807) is 0 Å². The number of hydrogen-bond acceptors (Lipinski definition) is 6. The molecule has 2 aromatic heterocycles. The lowest BCUT2D eigenvalue weighted by atomic mass is 9.88. The maximum Gasteiger partial charge on any atom is 0.166 e. The summed E-state index contributed by atoms with van der Waals surface area (Å²) in [5.41, 5.74) is 13.7. The zero-order valence-corrected chi connectivity index (χ0v) is 36.5. The highest BCUT2D eigenvalue weighted by Crippen LogP contribution is 2.52. The Kier molecular flexibility index (Phi) is 13.5. The number of aldehydes is 2. The van der Waals surface area contributed by atoms with Crippen LogP contribution in [0, 0.1) is 34.6 Å². The molecule has 3 atom stereocenters. The molecule has 0 N–H and O–H groups in total. The third-order valence-electron chi connectivity index (χ3n) is 12.7. The van der Waals surface area contributed by atoms with E-state index in [9.17, 15) is 9.59 Å². The van der Waals surface area contributed by atoms with Gasteiger partial charge in [-0.05, 0) is 139 Å². The molecule has 8 nitrogen and oxygen atoms in total. The van der Waals surface area contributed by atoms with Crippen LogP contribution in [0.1, 0.15) is 102 Å². The number of carbonyl (C=O) groups excluding carboxylic acids is 2. The molecule has 5 aromatic rings. The molecular formula is C48H62Cl2N6O2. The number of likely N-dealkylation sites (N-methyl/N-ethyl adjacent to an activating group) is 1. The van der Waals surface area contributed by atoms with E-state index in [1.165, 1.54) is 30.3 Å². The van der Waals surface area contributed by atoms with Gasteiger partial charge in [0.25, 0.3) is 0 Å². The van der Waals surface area contributed by atoms with Gasteiger partial charge in [0.05, 0.1) is 45.9 Å². The SMILES string of the molecule is C.Cc1cc(N(C)C[C@@H](C)N2c3c(ccc(Cl)c3-c3c(C)nn(CCN4CCCC4)c3C)C(CCCCc3cc(C)c(Cl)c(C)c3)C2C=O)c2c(c1)cc(C=O)n2C. The molecule has 2 aliphatic heterocycles. The zero-order chi connectivity index (χ0) is 40.7. The molecule has 2 unspecified atom stereocenters. The first kappa shape index (κ1) is 43.5. The lowest BCUT2D eigenvalue weighted by molar-refractivity contribution is -0.109. The average molecular weight is 826 g/mol. The highest BCUT2D eigenvalue weighted by molar-refractivity contribution is 6.34. The molecule has 10 heteroatoms. The van der Waals surface area contributed by atoms with Crippen molar-refractivity contribution < 1.29 is 9.59 Å². The molecule has 7 rings (SSSR count). The number of anilines is 2. The van der Waals surface area contributed by atoms with Gasteiger partial charge in [-0.3, -0.25) is 9.48 Å². The van der Waals surface area contributed by atoms with Gasteiger partial charge in [0.2, 0.25) is 0 Å². The Bertz CT molecular complexity index is 2280. The van der Waals surface area contributed by atoms with E-state index >= 15 is 0 Å². The highest BCUT2D eigenvalue weighted by atomic mass is 35.5. The van der Waals surface area contributed by atoms with Crippen LogP contribution in [0.25, 0.3) is 22.0 Å². The maximum atomic E-state index is 13.5. The van der Waals surface area contributed by atoms with E-state index in [-0.39, 0.29) is 25.4 Å². The van der Waals surface area contributed by atoms with E-state index in [2.05, 4.69) is 98.3 Å². The van der Waals surface area contributed by atoms with Crippen LogP contribution in [0.5, 0.6) is 0 Å². The third-order valence-corrected chi connectivity index (χ3v) is 13.6. The van der Waals surface area contributed by atoms with Crippen LogP contribution in [0.3, 0.4) is 0 Å². The molecule has 0 bridgehead atoms. The minimum absolute atomic E-state index is 0. The molecule has 1 saturated heterocycles. The number of halogens is 2. The Labute approximate surface area is 356 Å². The van der Waals surface area contributed by atoms with Crippen molar-refractivity contribution in [2.75, 3.05) is 43.0 Å². The van der Waals surface area contributed by atoms with Crippen molar-refractivity contribution in [3.05, 3.63) is 97.4 Å². The second-order valence-corrected chi connectivity index (χ2v) is 17.6. The van der Waals surface area contributed by atoms with E-state index in [1.807, 2.05) is 23.7 Å². The fourth-order valence-electron chi connectivity index (χ4n) is 9.95. The van der Waals surface area contributed by atoms with Crippen molar-refractivity contribution in [1.29, 1.82) is 0 Å². The molecular weight excluding hydrogens is 763 g/mol. The summed E-state index contributed by atoms with van der Waals surface area (Å²) in [6, 6.07) is 14.5. The Balaban J connectivity index is 0.00000567. The summed E-state index contributed by atoms with van der Waals surface area (Å²) in [6.45, 7) is 17.5. The number of benzene rings is 3. The summed E-state index contributed by atoms with van der Waals surface area (Å²) in [7, 11) is 4.06. The van der Waals surface area contributed by atoms with Gasteiger partial charge in [-0.2, -0.15) is 5.10 Å². The number of hydrogen-bond donors (Lipinski definition) is 0. The van der Waals surface area contributed by atoms with Gasteiger partial charge in [0, 0.05) is 66.4 Å². The Morgan fingerprint density at radius 2 is 1.64 bits per heavy atom. The fourth-order valence-corrected chi connectivity index (χ4v) is 10.3. The van der Waals surface area contributed by atoms with Crippen LogP contribution in [-0.4, -0.2) is 77.1 Å². The quantitative estimate of drug-likeness (QED) is 0.0774. The second kappa shape index (κ2) is 18.0. The normalized spacial score (nSPS) is 17.2. The standard InChI is InChI=1S/C47H58Cl2N6O2.CH4/c1-29-21-36-25-37(27-56)52(8)46(36)41(22-29)51(7)26-32(4)55-42(28-57)38(14-10-9-13-35-23-30(2)45(49)31(3)24-35)39-15-16-40(48)44(47(39)55)43-33(5)50-54(34(43)6)20-19-53-17-11-12-18-53;/h15-16,21-25,27-28,32,38,42H,9-14,17-20,26H2,1-8H3;1H4/t32-,38?,42?;/m1./s1. The first-order valence-electron chi connectivity index (χ1n) is 20.7. The minimum Gasteiger partial charge on any atom is -0.371 e. The third kappa shape index (κ3) is 8.22. The van der Waals surface area contributed by atoms with Gasteiger partial charge in [-0.15, -0.1) is 0 Å². The van der Waals surface area contributed by atoms with Gasteiger partial charge >= 0.3 is 0 Å². The summed E-state index contributed by atoms with van der Waals surface area (Å²) < 4.78 is 4.13. The summed E-state index contributed by atoms with van der Waals surface area (Å²) in [5.74, 6) is 0.00878. The number of nitrogens with zero attached hydrogens (tertiary/aromatic N) is 6. The minimum atomic E-state index is -0.360. The molecule has 1 fully saturated rings. The van der Waals surface area contributed by atoms with Crippen LogP contribution in [0.4, 0.5) is 11.4 Å². The van der Waals surface area contributed by atoms with E-state index in [0.717, 1.165) is 125 Å². The van der Waals surface area contributed by atoms with Gasteiger partial charge < -0.3 is 24.1 Å². The van der Waals surface area contributed by atoms with Crippen molar-refractivity contribution in [3.63, 3.8) is 0 Å². The number of carbonyl (C=O) groups is 2. The molecule has 58 heavy (non-hydrogen) atoms. The predicted octanol–water partition coefficient (Wildman–Crippen LogP) is 10.8. The zero-order valence-electron chi connectivity index (χ0n) is 35.0. The topological polar surface area (TPSA) is 66.6 Å². The molecule has 0 aliphatic carbocycles. The Morgan fingerprint density at radius 3 is 2.31 bits per heavy atom. The molecule has 2 aliphatic rings. The summed E-state index contributed by atoms with van der Waals surface area (Å²) in [6.07, 6.45) is 8.45. The van der Waals surface area contributed by atoms with E-state index in [0.29, 0.717) is 17.3 Å². The van der Waals surface area contributed by atoms with E-state index in [4.69, 9.17) is 28.3 Å². The number of aromatic nitrogens is 3. The molecule has 0 spiro atoms. The lowest BCUT2D eigenvalue weighted by Gasteiger charge is -2.36. The smallest absolute Gasteiger partial charge is 0.166 e. The summed E-state index contributed by atoms with van der Waals surface area (Å²) in [4.78, 5) is 32.7. The van der Waals surface area contributed by atoms with Crippen molar-refractivity contribution in [3.8, 4) is 11.1 Å². The average Bonchev–Trinajstić information content (AvgIpc) is 3.95. The van der Waals surface area contributed by atoms with Gasteiger partial charge in [-0.25, -0.2) is 0 Å². The maximum absolute atomic E-state index is 13.5. The largest absolute Gasteiger partial charge is 0.371 e. The molecule has 310 valence electrons. The fraction of sp³-hybridized carbons (Fsp3) is 0.479. The van der Waals surface area contributed by atoms with Crippen molar-refractivity contribution in [2.45, 2.75) is 112 Å². The van der Waals surface area contributed by atoms with Crippen LogP contribution in [-0.2, 0) is 24.8 Å². The molecule has 0 radical (unpaired) electrons. The molecule has 0 saturated carbocycles. The Morgan fingerprint density at radius 1 is 0.931 bits per heavy atom. The van der Waals surface area contributed by atoms with Crippen LogP contribution in [0.15, 0.2) is 42.5 Å². The van der Waals surface area contributed by atoms with Crippen molar-refractivity contribution in [2.24, 2.45) is 7.05 Å². The van der Waals surface area contributed by atoms with Crippen molar-refractivity contribution in [1.82, 2.24) is 19.2 Å². The predicted molar refractivity (Wildman–Crippen MR) is 244 cm³/mol.